The van der Waals surface area contributed by atoms with E-state index in [1.165, 1.54) is 0 Å². The molecular formula is C14H15NO2. The largest absolute Gasteiger partial charge is 0.374 e. The van der Waals surface area contributed by atoms with Crippen LogP contribution in [0.4, 0.5) is 0 Å². The smallest absolute Gasteiger partial charge is 0.162 e. The van der Waals surface area contributed by atoms with Gasteiger partial charge in [-0.1, -0.05) is 18.2 Å². The first-order valence-corrected chi connectivity index (χ1v) is 5.73. The predicted molar refractivity (Wildman–Crippen MR) is 66.9 cm³/mol. The molecule has 3 nitrogen and oxygen atoms in total. The molecule has 2 rings (SSSR count). The highest BCUT2D eigenvalue weighted by atomic mass is 16.5. The summed E-state index contributed by atoms with van der Waals surface area (Å²) in [6.07, 6.45) is 2.15. The van der Waals surface area contributed by atoms with Crippen molar-refractivity contribution in [1.82, 2.24) is 4.98 Å². The number of nitrogens with zero attached hydrogens (tertiary/aromatic N) is 1. The number of benzene rings is 1. The molecule has 1 heterocycles. The lowest BCUT2D eigenvalue weighted by atomic mass is 10.0. The summed E-state index contributed by atoms with van der Waals surface area (Å²) in [4.78, 5) is 15.9. The van der Waals surface area contributed by atoms with Crippen molar-refractivity contribution in [3.63, 3.8) is 0 Å². The molecule has 0 amide bonds. The van der Waals surface area contributed by atoms with Crippen LogP contribution in [0.1, 0.15) is 12.5 Å². The van der Waals surface area contributed by atoms with E-state index in [0.29, 0.717) is 13.0 Å². The normalized spacial score (nSPS) is 10.6. The topological polar surface area (TPSA) is 39.2 Å². The minimum atomic E-state index is 0.100. The van der Waals surface area contributed by atoms with Gasteiger partial charge in [0.2, 0.25) is 0 Å². The molecule has 0 radical (unpaired) electrons. The highest BCUT2D eigenvalue weighted by Gasteiger charge is 2.07. The molecule has 0 fully saturated rings. The van der Waals surface area contributed by atoms with E-state index >= 15 is 0 Å². The van der Waals surface area contributed by atoms with Crippen LogP contribution < -0.4 is 0 Å². The van der Waals surface area contributed by atoms with Crippen molar-refractivity contribution >= 4 is 16.7 Å². The molecule has 0 saturated heterocycles. The minimum absolute atomic E-state index is 0.100. The highest BCUT2D eigenvalue weighted by Crippen LogP contribution is 2.16. The third-order valence-corrected chi connectivity index (χ3v) is 2.59. The first-order valence-electron chi connectivity index (χ1n) is 5.73. The van der Waals surface area contributed by atoms with E-state index in [9.17, 15) is 4.79 Å². The molecule has 1 aromatic carbocycles. The summed E-state index contributed by atoms with van der Waals surface area (Å²) in [5, 5.41) is 1.04. The molecule has 0 saturated carbocycles. The molecule has 1 aromatic heterocycles. The van der Waals surface area contributed by atoms with Crippen molar-refractivity contribution in [3.05, 3.63) is 42.1 Å². The number of ketones is 1. The summed E-state index contributed by atoms with van der Waals surface area (Å²) in [7, 11) is 0. The van der Waals surface area contributed by atoms with E-state index in [-0.39, 0.29) is 12.4 Å². The summed E-state index contributed by atoms with van der Waals surface area (Å²) in [6, 6.07) is 9.74. The number of Topliss-reactive ketones (excluding diaryl/α,β-unsaturated/α-hetero) is 1. The number of ether oxygens (including phenoxy) is 1. The molecule has 0 spiro atoms. The van der Waals surface area contributed by atoms with Crippen molar-refractivity contribution in [2.45, 2.75) is 13.3 Å². The van der Waals surface area contributed by atoms with Crippen LogP contribution in [0.25, 0.3) is 10.9 Å². The third kappa shape index (κ3) is 2.88. The van der Waals surface area contributed by atoms with Gasteiger partial charge in [-0.05, 0) is 24.6 Å². The minimum Gasteiger partial charge on any atom is -0.374 e. The summed E-state index contributed by atoms with van der Waals surface area (Å²) in [5.41, 5.74) is 1.94. The standard InChI is InChI=1S/C14H15NO2/c1-2-17-10-12(16)9-11-7-8-15-14-6-4-3-5-13(11)14/h3-8H,2,9-10H2,1H3. The lowest BCUT2D eigenvalue weighted by molar-refractivity contribution is -0.122. The van der Waals surface area contributed by atoms with E-state index in [1.807, 2.05) is 37.3 Å². The van der Waals surface area contributed by atoms with Crippen LogP contribution in [0.5, 0.6) is 0 Å². The van der Waals surface area contributed by atoms with Gasteiger partial charge in [-0.2, -0.15) is 0 Å². The van der Waals surface area contributed by atoms with E-state index in [1.54, 1.807) is 6.20 Å². The molecule has 0 atom stereocenters. The molecule has 0 bridgehead atoms. The Morgan fingerprint density at radius 3 is 2.94 bits per heavy atom. The van der Waals surface area contributed by atoms with E-state index in [4.69, 9.17) is 4.74 Å². The Kier molecular flexibility index (Phi) is 3.83. The van der Waals surface area contributed by atoms with Gasteiger partial charge in [-0.15, -0.1) is 0 Å². The number of para-hydroxylation sites is 1. The van der Waals surface area contributed by atoms with Gasteiger partial charge < -0.3 is 4.74 Å². The van der Waals surface area contributed by atoms with Gasteiger partial charge >= 0.3 is 0 Å². The van der Waals surface area contributed by atoms with Crippen LogP contribution >= 0.6 is 0 Å². The lowest BCUT2D eigenvalue weighted by Crippen LogP contribution is -2.11. The van der Waals surface area contributed by atoms with Gasteiger partial charge in [0.25, 0.3) is 0 Å². The summed E-state index contributed by atoms with van der Waals surface area (Å²) in [5.74, 6) is 0.100. The first-order chi connectivity index (χ1) is 8.31. The Labute approximate surface area is 100 Å². The van der Waals surface area contributed by atoms with E-state index in [2.05, 4.69) is 4.98 Å². The fraction of sp³-hybridized carbons (Fsp3) is 0.286. The molecule has 0 aliphatic rings. The second-order valence-electron chi connectivity index (χ2n) is 3.84. The van der Waals surface area contributed by atoms with Crippen molar-refractivity contribution < 1.29 is 9.53 Å². The van der Waals surface area contributed by atoms with Crippen molar-refractivity contribution in [2.24, 2.45) is 0 Å². The Bertz CT molecular complexity index is 517. The molecule has 17 heavy (non-hydrogen) atoms. The SMILES string of the molecule is CCOCC(=O)Cc1ccnc2ccccc12. The molecule has 88 valence electrons. The van der Waals surface area contributed by atoms with Crippen LogP contribution in [0, 0.1) is 0 Å². The molecule has 0 aliphatic carbocycles. The van der Waals surface area contributed by atoms with Crippen molar-refractivity contribution in [1.29, 1.82) is 0 Å². The quantitative estimate of drug-likeness (QED) is 0.790. The van der Waals surface area contributed by atoms with Gasteiger partial charge in [0.05, 0.1) is 5.52 Å². The fourth-order valence-corrected chi connectivity index (χ4v) is 1.79. The van der Waals surface area contributed by atoms with Crippen LogP contribution in [0.3, 0.4) is 0 Å². The predicted octanol–water partition coefficient (Wildman–Crippen LogP) is 2.38. The number of fused-ring (bicyclic) bond motifs is 1. The van der Waals surface area contributed by atoms with Gasteiger partial charge in [-0.3, -0.25) is 9.78 Å². The molecular weight excluding hydrogens is 214 g/mol. The summed E-state index contributed by atoms with van der Waals surface area (Å²) >= 11 is 0. The van der Waals surface area contributed by atoms with Crippen LogP contribution in [-0.2, 0) is 16.0 Å². The highest BCUT2D eigenvalue weighted by molar-refractivity contribution is 5.89. The Hall–Kier alpha value is -1.74. The zero-order chi connectivity index (χ0) is 12.1. The Morgan fingerprint density at radius 1 is 1.29 bits per heavy atom. The second-order valence-corrected chi connectivity index (χ2v) is 3.84. The van der Waals surface area contributed by atoms with E-state index in [0.717, 1.165) is 16.5 Å². The van der Waals surface area contributed by atoms with Crippen LogP contribution in [0.15, 0.2) is 36.5 Å². The Balaban J connectivity index is 2.21. The average Bonchev–Trinajstić information content (AvgIpc) is 2.37. The maximum atomic E-state index is 11.7. The summed E-state index contributed by atoms with van der Waals surface area (Å²) in [6.45, 7) is 2.64. The maximum absolute atomic E-state index is 11.7. The van der Waals surface area contributed by atoms with Gasteiger partial charge in [-0.25, -0.2) is 0 Å². The van der Waals surface area contributed by atoms with Gasteiger partial charge in [0.1, 0.15) is 6.61 Å². The lowest BCUT2D eigenvalue weighted by Gasteiger charge is -2.05. The average molecular weight is 229 g/mol. The van der Waals surface area contributed by atoms with Gasteiger partial charge in [0.15, 0.2) is 5.78 Å². The van der Waals surface area contributed by atoms with Crippen molar-refractivity contribution in [3.8, 4) is 0 Å². The molecule has 0 aliphatic heterocycles. The summed E-state index contributed by atoms with van der Waals surface area (Å²) < 4.78 is 5.11. The molecule has 3 heteroatoms. The van der Waals surface area contributed by atoms with Crippen molar-refractivity contribution in [2.75, 3.05) is 13.2 Å². The number of pyridine rings is 1. The second kappa shape index (κ2) is 5.55. The third-order valence-electron chi connectivity index (χ3n) is 2.59. The first kappa shape index (κ1) is 11.7. The number of aromatic nitrogens is 1. The number of carbonyl (C=O) groups excluding carboxylic acids is 1. The number of hydrogen-bond donors (Lipinski definition) is 0. The van der Waals surface area contributed by atoms with Gasteiger partial charge in [0, 0.05) is 24.6 Å². The fourth-order valence-electron chi connectivity index (χ4n) is 1.79. The molecule has 0 unspecified atom stereocenters. The monoisotopic (exact) mass is 229 g/mol. The number of rotatable bonds is 5. The van der Waals surface area contributed by atoms with Crippen LogP contribution in [-0.4, -0.2) is 24.0 Å². The van der Waals surface area contributed by atoms with Crippen LogP contribution in [0.2, 0.25) is 0 Å². The zero-order valence-corrected chi connectivity index (χ0v) is 9.85. The Morgan fingerprint density at radius 2 is 2.12 bits per heavy atom. The molecule has 2 aromatic rings. The zero-order valence-electron chi connectivity index (χ0n) is 9.85. The number of hydrogen-bond acceptors (Lipinski definition) is 3. The molecule has 0 N–H and O–H groups in total. The number of carbonyl (C=O) groups is 1. The van der Waals surface area contributed by atoms with E-state index < -0.39 is 0 Å². The maximum Gasteiger partial charge on any atom is 0.162 e.